The Morgan fingerprint density at radius 2 is 1.14 bits per heavy atom. The maximum Gasteiger partial charge on any atom is 0.123 e. The van der Waals surface area contributed by atoms with Gasteiger partial charge in [-0.25, -0.2) is 0 Å². The van der Waals surface area contributed by atoms with Gasteiger partial charge in [0.25, 0.3) is 0 Å². The summed E-state index contributed by atoms with van der Waals surface area (Å²) in [5.41, 5.74) is 2.84. The van der Waals surface area contributed by atoms with Gasteiger partial charge in [-0.2, -0.15) is 0 Å². The number of unbranched alkanes of at least 4 members (excludes halogenated alkanes) is 10. The minimum atomic E-state index is -0.0509. The number of benzene rings is 2. The summed E-state index contributed by atoms with van der Waals surface area (Å²) in [5.74, 6) is 0.446. The van der Waals surface area contributed by atoms with Crippen LogP contribution < -0.4 is 0 Å². The third-order valence-electron chi connectivity index (χ3n) is 8.24. The van der Waals surface area contributed by atoms with Gasteiger partial charge < -0.3 is 9.80 Å². The first kappa shape index (κ1) is 28.4. The molecule has 0 saturated carbocycles. The summed E-state index contributed by atoms with van der Waals surface area (Å²) in [7, 11) is 0. The SMILES string of the molecule is CCCCCCCCCCCCCN1C=CN(CC)C1(Cc1ccccc1)C(CC)c1ccccc1. The smallest absolute Gasteiger partial charge is 0.123 e. The van der Waals surface area contributed by atoms with Crippen LogP contribution in [-0.4, -0.2) is 28.6 Å². The number of hydrogen-bond donors (Lipinski definition) is 0. The average molecular weight is 489 g/mol. The normalized spacial score (nSPS) is 18.2. The minimum absolute atomic E-state index is 0.0509. The van der Waals surface area contributed by atoms with Crippen molar-refractivity contribution in [2.75, 3.05) is 13.1 Å². The van der Waals surface area contributed by atoms with E-state index in [9.17, 15) is 0 Å². The Hall–Kier alpha value is -2.22. The van der Waals surface area contributed by atoms with Gasteiger partial charge in [-0.3, -0.25) is 0 Å². The Balaban J connectivity index is 1.64. The summed E-state index contributed by atoms with van der Waals surface area (Å²) in [5, 5.41) is 0. The molecule has 2 atom stereocenters. The minimum Gasteiger partial charge on any atom is -0.353 e. The van der Waals surface area contributed by atoms with E-state index in [4.69, 9.17) is 0 Å². The molecule has 2 aromatic rings. The highest BCUT2D eigenvalue weighted by Gasteiger charge is 2.48. The Kier molecular flexibility index (Phi) is 12.4. The van der Waals surface area contributed by atoms with Gasteiger partial charge in [-0.1, -0.05) is 139 Å². The fourth-order valence-electron chi connectivity index (χ4n) is 6.32. The molecule has 0 bridgehead atoms. The zero-order chi connectivity index (χ0) is 25.5. The summed E-state index contributed by atoms with van der Waals surface area (Å²) < 4.78 is 0. The van der Waals surface area contributed by atoms with Crippen molar-refractivity contribution < 1.29 is 0 Å². The van der Waals surface area contributed by atoms with Gasteiger partial charge in [-0.05, 0) is 30.9 Å². The molecule has 0 amide bonds. The lowest BCUT2D eigenvalue weighted by Gasteiger charge is -2.51. The third kappa shape index (κ3) is 7.64. The lowest BCUT2D eigenvalue weighted by atomic mass is 9.78. The van der Waals surface area contributed by atoms with E-state index in [0.717, 1.165) is 25.9 Å². The van der Waals surface area contributed by atoms with Crippen LogP contribution in [0, 0.1) is 0 Å². The van der Waals surface area contributed by atoms with E-state index >= 15 is 0 Å². The topological polar surface area (TPSA) is 6.48 Å². The van der Waals surface area contributed by atoms with Gasteiger partial charge in [-0.15, -0.1) is 0 Å². The van der Waals surface area contributed by atoms with Crippen molar-refractivity contribution in [1.29, 1.82) is 0 Å². The fourth-order valence-corrected chi connectivity index (χ4v) is 6.32. The largest absolute Gasteiger partial charge is 0.353 e. The van der Waals surface area contributed by atoms with Crippen LogP contribution in [0.4, 0.5) is 0 Å². The van der Waals surface area contributed by atoms with E-state index in [1.165, 1.54) is 81.8 Å². The molecule has 198 valence electrons. The van der Waals surface area contributed by atoms with Crippen LogP contribution in [0.5, 0.6) is 0 Å². The van der Waals surface area contributed by atoms with Crippen molar-refractivity contribution in [3.63, 3.8) is 0 Å². The predicted molar refractivity (Wildman–Crippen MR) is 157 cm³/mol. The van der Waals surface area contributed by atoms with Crippen molar-refractivity contribution in [1.82, 2.24) is 9.80 Å². The molecule has 1 aliphatic rings. The van der Waals surface area contributed by atoms with Gasteiger partial charge in [0.2, 0.25) is 0 Å². The standard InChI is InChI=1S/C34H52N2/c1-4-7-8-9-10-11-12-13-14-15-22-27-36-29-28-35(6-3)34(36,30-31-23-18-16-19-24-31)33(5-2)32-25-20-17-21-26-32/h16-21,23-26,28-29,33H,4-15,22,27,30H2,1-3H3. The Morgan fingerprint density at radius 3 is 1.69 bits per heavy atom. The van der Waals surface area contributed by atoms with E-state index in [1.54, 1.807) is 0 Å². The molecule has 36 heavy (non-hydrogen) atoms. The summed E-state index contributed by atoms with van der Waals surface area (Å²) in [6.07, 6.45) is 22.3. The molecule has 0 spiro atoms. The summed E-state index contributed by atoms with van der Waals surface area (Å²) in [4.78, 5) is 5.33. The molecule has 0 fully saturated rings. The summed E-state index contributed by atoms with van der Waals surface area (Å²) in [6.45, 7) is 9.15. The molecule has 0 N–H and O–H groups in total. The second kappa shape index (κ2) is 15.8. The lowest BCUT2D eigenvalue weighted by molar-refractivity contribution is -0.00000794. The van der Waals surface area contributed by atoms with E-state index in [1.807, 2.05) is 0 Å². The monoisotopic (exact) mass is 488 g/mol. The Morgan fingerprint density at radius 1 is 0.611 bits per heavy atom. The molecule has 0 aliphatic carbocycles. The molecule has 2 aromatic carbocycles. The molecule has 2 heteroatoms. The lowest BCUT2D eigenvalue weighted by Crippen LogP contribution is -2.59. The summed E-state index contributed by atoms with van der Waals surface area (Å²) in [6, 6.07) is 22.4. The van der Waals surface area contributed by atoms with Gasteiger partial charge >= 0.3 is 0 Å². The molecule has 0 radical (unpaired) electrons. The number of hydrogen-bond acceptors (Lipinski definition) is 2. The highest BCUT2D eigenvalue weighted by molar-refractivity contribution is 5.30. The van der Waals surface area contributed by atoms with Crippen LogP contribution in [0.25, 0.3) is 0 Å². The average Bonchev–Trinajstić information content (AvgIpc) is 3.26. The van der Waals surface area contributed by atoms with Gasteiger partial charge in [0, 0.05) is 37.8 Å². The van der Waals surface area contributed by atoms with Crippen molar-refractivity contribution in [2.45, 2.75) is 116 Å². The van der Waals surface area contributed by atoms with Crippen molar-refractivity contribution in [2.24, 2.45) is 0 Å². The maximum atomic E-state index is 2.71. The van der Waals surface area contributed by atoms with E-state index in [0.29, 0.717) is 5.92 Å². The molecular weight excluding hydrogens is 436 g/mol. The number of likely N-dealkylation sites (N-methyl/N-ethyl adjacent to an activating group) is 1. The van der Waals surface area contributed by atoms with Crippen molar-refractivity contribution in [3.05, 3.63) is 84.2 Å². The van der Waals surface area contributed by atoms with Crippen LogP contribution in [0.1, 0.15) is 115 Å². The van der Waals surface area contributed by atoms with E-state index < -0.39 is 0 Å². The third-order valence-corrected chi connectivity index (χ3v) is 8.24. The van der Waals surface area contributed by atoms with Crippen LogP contribution >= 0.6 is 0 Å². The van der Waals surface area contributed by atoms with Crippen LogP contribution in [0.15, 0.2) is 73.1 Å². The molecule has 0 saturated heterocycles. The maximum absolute atomic E-state index is 2.71. The molecular formula is C34H52N2. The number of nitrogens with zero attached hydrogens (tertiary/aromatic N) is 2. The van der Waals surface area contributed by atoms with Gasteiger partial charge in [0.1, 0.15) is 5.66 Å². The van der Waals surface area contributed by atoms with Crippen LogP contribution in [0.2, 0.25) is 0 Å². The van der Waals surface area contributed by atoms with Gasteiger partial charge in [0.15, 0.2) is 0 Å². The molecule has 3 rings (SSSR count). The Bertz CT molecular complexity index is 846. The van der Waals surface area contributed by atoms with E-state index in [2.05, 4.69) is 104 Å². The predicted octanol–water partition coefficient (Wildman–Crippen LogP) is 9.54. The molecule has 1 heterocycles. The van der Waals surface area contributed by atoms with Crippen LogP contribution in [-0.2, 0) is 6.42 Å². The molecule has 2 unspecified atom stereocenters. The highest BCUT2D eigenvalue weighted by Crippen LogP contribution is 2.44. The molecule has 1 aliphatic heterocycles. The van der Waals surface area contributed by atoms with Crippen molar-refractivity contribution >= 4 is 0 Å². The first-order valence-electron chi connectivity index (χ1n) is 15.1. The highest BCUT2D eigenvalue weighted by atomic mass is 15.4. The zero-order valence-corrected chi connectivity index (χ0v) is 23.5. The van der Waals surface area contributed by atoms with E-state index in [-0.39, 0.29) is 5.66 Å². The quantitative estimate of drug-likeness (QED) is 0.193. The first-order chi connectivity index (χ1) is 17.8. The fraction of sp³-hybridized carbons (Fsp3) is 0.588. The molecule has 2 nitrogen and oxygen atoms in total. The number of rotatable bonds is 18. The second-order valence-electron chi connectivity index (χ2n) is 10.7. The Labute approximate surface area is 222 Å². The molecule has 0 aromatic heterocycles. The summed E-state index contributed by atoms with van der Waals surface area (Å²) >= 11 is 0. The van der Waals surface area contributed by atoms with Crippen molar-refractivity contribution in [3.8, 4) is 0 Å². The first-order valence-corrected chi connectivity index (χ1v) is 15.1. The second-order valence-corrected chi connectivity index (χ2v) is 10.7. The zero-order valence-electron chi connectivity index (χ0n) is 23.5. The van der Waals surface area contributed by atoms with Gasteiger partial charge in [0.05, 0.1) is 0 Å². The van der Waals surface area contributed by atoms with Crippen LogP contribution in [0.3, 0.4) is 0 Å².